The topological polar surface area (TPSA) is 71.0 Å². The summed E-state index contributed by atoms with van der Waals surface area (Å²) in [6, 6.07) is 6.93. The van der Waals surface area contributed by atoms with Crippen LogP contribution < -0.4 is 4.57 Å². The predicted octanol–water partition coefficient (Wildman–Crippen LogP) is 2.25. The van der Waals surface area contributed by atoms with E-state index in [2.05, 4.69) is 4.57 Å². The van der Waals surface area contributed by atoms with Crippen LogP contribution in [0.3, 0.4) is 0 Å². The number of aromatic nitrogens is 2. The number of carbonyl (C=O) groups is 2. The lowest BCUT2D eigenvalue weighted by Crippen LogP contribution is -2.62. The van der Waals surface area contributed by atoms with Gasteiger partial charge in [0, 0.05) is 13.7 Å². The molecule has 1 aromatic heterocycles. The minimum absolute atomic E-state index is 0.164. The van der Waals surface area contributed by atoms with E-state index in [1.54, 1.807) is 7.05 Å². The van der Waals surface area contributed by atoms with Crippen LogP contribution in [0.5, 0.6) is 0 Å². The normalized spacial score (nSPS) is 23.1. The number of nitrogens with zero attached hydrogens (tertiary/aromatic N) is 5. The summed E-state index contributed by atoms with van der Waals surface area (Å²) in [4.78, 5) is 33.9. The second-order valence-electron chi connectivity index (χ2n) is 8.35. The van der Waals surface area contributed by atoms with Crippen molar-refractivity contribution in [2.24, 2.45) is 4.99 Å². The minimum Gasteiger partial charge on any atom is -0.375 e. The Morgan fingerprint density at radius 1 is 1.20 bits per heavy atom. The Hall–Kier alpha value is -3.00. The van der Waals surface area contributed by atoms with Crippen molar-refractivity contribution in [3.05, 3.63) is 47.3 Å². The number of fused-ring (bicyclic) bond motifs is 3. The fourth-order valence-corrected chi connectivity index (χ4v) is 4.47. The average molecular weight is 408 g/mol. The number of aliphatic imine (C=N–C) groups is 1. The number of amidine groups is 1. The molecule has 2 unspecified atom stereocenters. The van der Waals surface area contributed by atoms with Crippen molar-refractivity contribution in [2.75, 3.05) is 13.7 Å². The molecule has 0 bridgehead atoms. The third kappa shape index (κ3) is 2.94. The molecule has 1 aromatic carbocycles. The van der Waals surface area contributed by atoms with Gasteiger partial charge in [0.15, 0.2) is 0 Å². The van der Waals surface area contributed by atoms with Gasteiger partial charge < -0.3 is 4.74 Å². The van der Waals surface area contributed by atoms with Crippen molar-refractivity contribution < 1.29 is 18.9 Å². The largest absolute Gasteiger partial charge is 0.402 e. The quantitative estimate of drug-likeness (QED) is 0.729. The van der Waals surface area contributed by atoms with E-state index in [1.807, 2.05) is 48.9 Å². The van der Waals surface area contributed by atoms with Crippen LogP contribution >= 0.6 is 0 Å². The van der Waals surface area contributed by atoms with Gasteiger partial charge in [0.25, 0.3) is 5.91 Å². The zero-order valence-electron chi connectivity index (χ0n) is 17.5. The summed E-state index contributed by atoms with van der Waals surface area (Å²) in [5, 5.41) is 0. The Morgan fingerprint density at radius 3 is 2.67 bits per heavy atom. The highest BCUT2D eigenvalue weighted by Crippen LogP contribution is 2.30. The molecule has 2 aromatic rings. The molecular formula is C22H26N5O3+. The number of imide groups is 1. The number of hydrogen-bond acceptors (Lipinski definition) is 4. The molecule has 0 N–H and O–H groups in total. The molecule has 4 heterocycles. The number of imidazole rings is 1. The molecule has 3 aliphatic rings. The van der Waals surface area contributed by atoms with Gasteiger partial charge in [-0.05, 0) is 32.3 Å². The maximum Gasteiger partial charge on any atom is 0.402 e. The Balaban J connectivity index is 1.47. The standard InChI is InChI=1S/C22H26N5O3/c1-14-6-8-16(9-7-14)12-27-20(28)18-19(24(3)22(27)29)23-21-25(15(2)11-26(18)21)13-17-5-4-10-30-17/h6-9,11,17-18H,4-5,10,12-13H2,1-3H3/q+1. The van der Waals surface area contributed by atoms with Crippen LogP contribution in [0, 0.1) is 13.8 Å². The minimum atomic E-state index is -0.613. The average Bonchev–Trinajstić information content (AvgIpc) is 3.43. The molecule has 8 heteroatoms. The lowest BCUT2D eigenvalue weighted by Gasteiger charge is -2.33. The van der Waals surface area contributed by atoms with Gasteiger partial charge in [-0.3, -0.25) is 14.6 Å². The number of benzene rings is 1. The molecule has 3 aliphatic heterocycles. The first-order valence-electron chi connectivity index (χ1n) is 10.4. The first kappa shape index (κ1) is 19.0. The number of urea groups is 1. The molecule has 2 fully saturated rings. The van der Waals surface area contributed by atoms with E-state index in [1.165, 1.54) is 9.80 Å². The smallest absolute Gasteiger partial charge is 0.375 e. The van der Waals surface area contributed by atoms with Gasteiger partial charge in [0.2, 0.25) is 11.9 Å². The summed E-state index contributed by atoms with van der Waals surface area (Å²) in [5.41, 5.74) is 3.09. The number of aryl methyl sites for hydroxylation is 2. The lowest BCUT2D eigenvalue weighted by atomic mass is 10.1. The van der Waals surface area contributed by atoms with Crippen molar-refractivity contribution in [1.82, 2.24) is 14.4 Å². The van der Waals surface area contributed by atoms with Crippen LogP contribution in [-0.4, -0.2) is 51.9 Å². The molecule has 8 nitrogen and oxygen atoms in total. The van der Waals surface area contributed by atoms with E-state index in [0.29, 0.717) is 18.3 Å². The molecule has 0 saturated carbocycles. The third-order valence-electron chi connectivity index (χ3n) is 6.19. The fourth-order valence-electron chi connectivity index (χ4n) is 4.47. The molecule has 30 heavy (non-hydrogen) atoms. The van der Waals surface area contributed by atoms with Crippen molar-refractivity contribution >= 4 is 23.7 Å². The second kappa shape index (κ2) is 7.05. The van der Waals surface area contributed by atoms with Crippen molar-refractivity contribution in [2.45, 2.75) is 51.9 Å². The third-order valence-corrected chi connectivity index (χ3v) is 6.19. The number of hydrogen-bond donors (Lipinski definition) is 0. The highest BCUT2D eigenvalue weighted by molar-refractivity contribution is 6.18. The van der Waals surface area contributed by atoms with Crippen molar-refractivity contribution in [1.29, 1.82) is 0 Å². The molecule has 156 valence electrons. The molecule has 5 rings (SSSR count). The zero-order valence-corrected chi connectivity index (χ0v) is 17.5. The number of likely N-dealkylation sites (N-methyl/N-ethyl adjacent to an activating group) is 1. The summed E-state index contributed by atoms with van der Waals surface area (Å²) >= 11 is 0. The lowest BCUT2D eigenvalue weighted by molar-refractivity contribution is -0.677. The maximum atomic E-state index is 13.4. The first-order valence-corrected chi connectivity index (χ1v) is 10.4. The van der Waals surface area contributed by atoms with E-state index in [4.69, 9.17) is 9.73 Å². The highest BCUT2D eigenvalue weighted by Gasteiger charge is 2.53. The molecule has 3 amide bonds. The number of carbonyl (C=O) groups excluding carboxylic acids is 2. The maximum absolute atomic E-state index is 13.4. The molecule has 0 radical (unpaired) electrons. The van der Waals surface area contributed by atoms with Crippen LogP contribution in [0.15, 0.2) is 35.5 Å². The van der Waals surface area contributed by atoms with Crippen molar-refractivity contribution in [3.63, 3.8) is 0 Å². The summed E-state index contributed by atoms with van der Waals surface area (Å²) in [5.74, 6) is 0.949. The van der Waals surface area contributed by atoms with E-state index < -0.39 is 6.04 Å². The van der Waals surface area contributed by atoms with Gasteiger partial charge >= 0.3 is 12.0 Å². The fraction of sp³-hybridized carbons (Fsp3) is 0.455. The van der Waals surface area contributed by atoms with Gasteiger partial charge in [-0.25, -0.2) is 13.9 Å². The van der Waals surface area contributed by atoms with Gasteiger partial charge in [-0.1, -0.05) is 34.8 Å². The molecular weight excluding hydrogens is 382 g/mol. The second-order valence-corrected chi connectivity index (χ2v) is 8.35. The van der Waals surface area contributed by atoms with Gasteiger partial charge in [-0.2, -0.15) is 0 Å². The van der Waals surface area contributed by atoms with E-state index >= 15 is 0 Å². The highest BCUT2D eigenvalue weighted by atomic mass is 16.5. The van der Waals surface area contributed by atoms with E-state index in [9.17, 15) is 9.59 Å². The number of amides is 3. The van der Waals surface area contributed by atoms with Gasteiger partial charge in [0.05, 0.1) is 19.2 Å². The molecule has 2 atom stereocenters. The van der Waals surface area contributed by atoms with Crippen molar-refractivity contribution in [3.8, 4) is 0 Å². The number of ether oxygens (including phenoxy) is 1. The number of rotatable bonds is 4. The van der Waals surface area contributed by atoms with E-state index in [-0.39, 0.29) is 24.6 Å². The van der Waals surface area contributed by atoms with Crippen LogP contribution in [0.1, 0.15) is 35.7 Å². The summed E-state index contributed by atoms with van der Waals surface area (Å²) in [6.07, 6.45) is 4.22. The summed E-state index contributed by atoms with van der Waals surface area (Å²) in [6.45, 7) is 5.77. The van der Waals surface area contributed by atoms with Crippen LogP contribution in [0.4, 0.5) is 10.7 Å². The van der Waals surface area contributed by atoms with E-state index in [0.717, 1.165) is 36.3 Å². The SMILES string of the molecule is Cc1ccc(CN2C(=O)C3C(=Nc4n(CC5CCCO5)c(C)c[n+]43)N(C)C2=O)cc1. The molecule has 2 saturated heterocycles. The van der Waals surface area contributed by atoms with Crippen LogP contribution in [0.25, 0.3) is 0 Å². The van der Waals surface area contributed by atoms with Crippen LogP contribution in [-0.2, 0) is 22.6 Å². The summed E-state index contributed by atoms with van der Waals surface area (Å²) in [7, 11) is 1.69. The monoisotopic (exact) mass is 408 g/mol. The molecule has 0 aliphatic carbocycles. The van der Waals surface area contributed by atoms with Gasteiger partial charge in [-0.15, -0.1) is 0 Å². The first-order chi connectivity index (χ1) is 14.4. The van der Waals surface area contributed by atoms with Gasteiger partial charge in [0.1, 0.15) is 11.9 Å². The van der Waals surface area contributed by atoms with Crippen LogP contribution in [0.2, 0.25) is 0 Å². The molecule has 0 spiro atoms. The zero-order chi connectivity index (χ0) is 21.0. The Labute approximate surface area is 175 Å². The predicted molar refractivity (Wildman–Crippen MR) is 109 cm³/mol. The Kier molecular flexibility index (Phi) is 4.47. The summed E-state index contributed by atoms with van der Waals surface area (Å²) < 4.78 is 9.78. The Morgan fingerprint density at radius 2 is 1.97 bits per heavy atom. The Bertz CT molecular complexity index is 1050.